The number of halogens is 2. The number of benzene rings is 1. The second-order valence-electron chi connectivity index (χ2n) is 6.91. The van der Waals surface area contributed by atoms with Gasteiger partial charge in [0.05, 0.1) is 6.04 Å². The minimum Gasteiger partial charge on any atom is -0.346 e. The molecule has 0 aromatic heterocycles. The molecule has 0 spiro atoms. The number of amides is 1. The van der Waals surface area contributed by atoms with E-state index < -0.39 is 0 Å². The van der Waals surface area contributed by atoms with Crippen LogP contribution in [-0.2, 0) is 4.79 Å². The summed E-state index contributed by atoms with van der Waals surface area (Å²) in [6, 6.07) is 5.57. The number of hydrogen-bond donors (Lipinski definition) is 1. The van der Waals surface area contributed by atoms with Crippen LogP contribution in [0.25, 0.3) is 6.08 Å². The number of nitrogens with one attached hydrogen (secondary N) is 1. The fraction of sp³-hybridized carbons (Fsp3) is 0.381. The zero-order valence-electron chi connectivity index (χ0n) is 15.4. The van der Waals surface area contributed by atoms with E-state index in [0.717, 1.165) is 45.1 Å². The highest BCUT2D eigenvalue weighted by molar-refractivity contribution is 7.38. The Morgan fingerprint density at radius 1 is 1.22 bits per heavy atom. The largest absolute Gasteiger partial charge is 0.346 e. The van der Waals surface area contributed by atoms with E-state index in [1.54, 1.807) is 24.3 Å². The molecule has 1 heterocycles. The van der Waals surface area contributed by atoms with E-state index in [2.05, 4.69) is 10.2 Å². The van der Waals surface area contributed by atoms with Gasteiger partial charge >= 0.3 is 0 Å². The van der Waals surface area contributed by atoms with Crippen LogP contribution in [0.3, 0.4) is 0 Å². The number of carbonyl (C=O) groups excluding carboxylic acids is 1. The van der Waals surface area contributed by atoms with Crippen LogP contribution in [0.5, 0.6) is 0 Å². The van der Waals surface area contributed by atoms with Gasteiger partial charge < -0.3 is 5.32 Å². The van der Waals surface area contributed by atoms with Gasteiger partial charge in [0.25, 0.3) is 0 Å². The summed E-state index contributed by atoms with van der Waals surface area (Å²) in [5, 5.41) is 2.93. The average Bonchev–Trinajstić information content (AvgIpc) is 2.68. The molecule has 1 aliphatic heterocycles. The molecule has 1 saturated heterocycles. The van der Waals surface area contributed by atoms with Crippen molar-refractivity contribution in [1.29, 1.82) is 0 Å². The van der Waals surface area contributed by atoms with Crippen LogP contribution >= 0.6 is 8.58 Å². The molecule has 1 aliphatic carbocycles. The van der Waals surface area contributed by atoms with Gasteiger partial charge in [0.2, 0.25) is 5.91 Å². The van der Waals surface area contributed by atoms with Crippen molar-refractivity contribution in [1.82, 2.24) is 10.2 Å². The number of carbonyl (C=O) groups is 1. The molecule has 144 valence electrons. The third kappa shape index (κ3) is 5.57. The minimum absolute atomic E-state index is 0.0845. The number of hydrogen-bond acceptors (Lipinski definition) is 2. The van der Waals surface area contributed by atoms with Gasteiger partial charge in [-0.2, -0.15) is 0 Å². The quantitative estimate of drug-likeness (QED) is 0.611. The Kier molecular flexibility index (Phi) is 6.92. The minimum atomic E-state index is -0.307. The molecule has 0 saturated carbocycles. The molecule has 2 aliphatic rings. The number of allylic oxidation sites excluding steroid dienone is 2. The summed E-state index contributed by atoms with van der Waals surface area (Å²) in [5.74, 6) is -0.615. The van der Waals surface area contributed by atoms with Gasteiger partial charge in [-0.3, -0.25) is 9.69 Å². The molecule has 0 radical (unpaired) electrons. The highest BCUT2D eigenvalue weighted by Crippen LogP contribution is 2.29. The Bertz CT molecular complexity index is 752. The molecular formula is C21H25F2N2OP. The van der Waals surface area contributed by atoms with Crippen molar-refractivity contribution in [3.8, 4) is 0 Å². The molecule has 1 amide bonds. The Hall–Kier alpha value is -1.84. The van der Waals surface area contributed by atoms with Gasteiger partial charge in [0, 0.05) is 25.2 Å². The lowest BCUT2D eigenvalue weighted by Crippen LogP contribution is -2.44. The van der Waals surface area contributed by atoms with E-state index >= 15 is 0 Å². The first kappa shape index (κ1) is 19.9. The molecule has 1 aromatic rings. The van der Waals surface area contributed by atoms with Crippen LogP contribution in [-0.4, -0.2) is 48.3 Å². The fourth-order valence-corrected chi connectivity index (χ4v) is 4.55. The maximum atomic E-state index is 14.3. The Balaban J connectivity index is 1.57. The van der Waals surface area contributed by atoms with Crippen LogP contribution in [0.4, 0.5) is 8.78 Å². The van der Waals surface area contributed by atoms with Crippen molar-refractivity contribution in [2.24, 2.45) is 0 Å². The van der Waals surface area contributed by atoms with Crippen molar-refractivity contribution in [2.45, 2.75) is 25.4 Å². The maximum absolute atomic E-state index is 14.3. The topological polar surface area (TPSA) is 32.3 Å². The van der Waals surface area contributed by atoms with E-state index in [0.29, 0.717) is 6.42 Å². The molecule has 2 unspecified atom stereocenters. The van der Waals surface area contributed by atoms with E-state index in [-0.39, 0.29) is 29.6 Å². The standard InChI is InChI=1S/C21H25F2N2OP/c1-15(24-21(26)9-4-16-2-6-18(22)7-3-16)17-5-8-19(23)20(14-17)25-10-12-27-13-11-25/h2-9,15,20,27H,10-14H2,1H3,(H,24,26)/b9-4+. The number of rotatable bonds is 5. The van der Waals surface area contributed by atoms with E-state index in [1.807, 2.05) is 6.92 Å². The summed E-state index contributed by atoms with van der Waals surface area (Å²) in [5.41, 5.74) is 1.78. The lowest BCUT2D eigenvalue weighted by Gasteiger charge is -2.36. The Labute approximate surface area is 161 Å². The summed E-state index contributed by atoms with van der Waals surface area (Å²) in [4.78, 5) is 14.4. The summed E-state index contributed by atoms with van der Waals surface area (Å²) in [7, 11) is 0.983. The van der Waals surface area contributed by atoms with Crippen LogP contribution < -0.4 is 5.32 Å². The molecule has 3 rings (SSSR count). The van der Waals surface area contributed by atoms with Crippen molar-refractivity contribution in [3.05, 3.63) is 65.3 Å². The van der Waals surface area contributed by atoms with Gasteiger partial charge in [-0.05, 0) is 61.1 Å². The Morgan fingerprint density at radius 3 is 2.63 bits per heavy atom. The predicted molar refractivity (Wildman–Crippen MR) is 108 cm³/mol. The van der Waals surface area contributed by atoms with Crippen LogP contribution in [0.2, 0.25) is 0 Å². The molecule has 27 heavy (non-hydrogen) atoms. The van der Waals surface area contributed by atoms with Crippen molar-refractivity contribution >= 4 is 20.6 Å². The SMILES string of the molecule is CC(NC(=O)/C=C/c1ccc(F)cc1)C1=CC=C(F)C(N2CCPCC2)C1. The van der Waals surface area contributed by atoms with Gasteiger partial charge in [0.1, 0.15) is 11.6 Å². The molecule has 6 heteroatoms. The smallest absolute Gasteiger partial charge is 0.244 e. The second kappa shape index (κ2) is 9.38. The van der Waals surface area contributed by atoms with Crippen LogP contribution in [0, 0.1) is 5.82 Å². The fourth-order valence-electron chi connectivity index (χ4n) is 3.40. The summed E-state index contributed by atoms with van der Waals surface area (Å²) < 4.78 is 27.2. The molecule has 2 atom stereocenters. The van der Waals surface area contributed by atoms with E-state index in [4.69, 9.17) is 0 Å². The van der Waals surface area contributed by atoms with Crippen molar-refractivity contribution in [2.75, 3.05) is 25.4 Å². The molecule has 1 N–H and O–H groups in total. The molecule has 1 aromatic carbocycles. The first-order valence-corrected chi connectivity index (χ1v) is 10.7. The maximum Gasteiger partial charge on any atom is 0.244 e. The van der Waals surface area contributed by atoms with Crippen LogP contribution in [0.15, 0.2) is 53.9 Å². The van der Waals surface area contributed by atoms with E-state index in [9.17, 15) is 13.6 Å². The lowest BCUT2D eigenvalue weighted by molar-refractivity contribution is -0.116. The molecular weight excluding hydrogens is 365 g/mol. The van der Waals surface area contributed by atoms with Gasteiger partial charge in [-0.15, -0.1) is 8.58 Å². The summed E-state index contributed by atoms with van der Waals surface area (Å²) >= 11 is 0. The summed E-state index contributed by atoms with van der Waals surface area (Å²) in [6.45, 7) is 3.80. The second-order valence-corrected chi connectivity index (χ2v) is 8.41. The van der Waals surface area contributed by atoms with Crippen molar-refractivity contribution in [3.63, 3.8) is 0 Å². The number of nitrogens with zero attached hydrogens (tertiary/aromatic N) is 1. The average molecular weight is 390 g/mol. The van der Waals surface area contributed by atoms with Crippen LogP contribution in [0.1, 0.15) is 18.9 Å². The monoisotopic (exact) mass is 390 g/mol. The van der Waals surface area contributed by atoms with Gasteiger partial charge in [-0.1, -0.05) is 18.2 Å². The first-order chi connectivity index (χ1) is 13.0. The highest BCUT2D eigenvalue weighted by atomic mass is 31.1. The summed E-state index contributed by atoms with van der Waals surface area (Å²) in [6.07, 6.45) is 9.30. The first-order valence-electron chi connectivity index (χ1n) is 9.28. The molecule has 0 bridgehead atoms. The molecule has 1 fully saturated rings. The molecule has 3 nitrogen and oxygen atoms in total. The third-order valence-electron chi connectivity index (χ3n) is 5.01. The predicted octanol–water partition coefficient (Wildman–Crippen LogP) is 3.89. The van der Waals surface area contributed by atoms with Crippen molar-refractivity contribution < 1.29 is 13.6 Å². The lowest BCUT2D eigenvalue weighted by atomic mass is 9.93. The van der Waals surface area contributed by atoms with Gasteiger partial charge in [-0.25, -0.2) is 8.78 Å². The van der Waals surface area contributed by atoms with E-state index in [1.165, 1.54) is 24.3 Å². The zero-order valence-corrected chi connectivity index (χ0v) is 16.4. The Morgan fingerprint density at radius 2 is 1.93 bits per heavy atom. The normalized spacial score (nSPS) is 22.3. The highest BCUT2D eigenvalue weighted by Gasteiger charge is 2.28. The zero-order chi connectivity index (χ0) is 19.2. The van der Waals surface area contributed by atoms with Gasteiger partial charge in [0.15, 0.2) is 0 Å². The third-order valence-corrected chi connectivity index (χ3v) is 6.16.